The molecule has 4 aromatic rings. The van der Waals surface area contributed by atoms with Crippen molar-refractivity contribution in [1.29, 1.82) is 0 Å². The minimum Gasteiger partial charge on any atom is -0.433 e. The summed E-state index contributed by atoms with van der Waals surface area (Å²) in [6.07, 6.45) is 0.557. The van der Waals surface area contributed by atoms with E-state index in [2.05, 4.69) is 5.32 Å². The van der Waals surface area contributed by atoms with Crippen molar-refractivity contribution in [2.45, 2.75) is 38.5 Å². The summed E-state index contributed by atoms with van der Waals surface area (Å²) in [6.45, 7) is 0.303. The minimum absolute atomic E-state index is 0.121. The lowest BCUT2D eigenvalue weighted by molar-refractivity contribution is -0.131. The molecule has 3 heterocycles. The second kappa shape index (κ2) is 8.35. The first kappa shape index (κ1) is 24.1. The molecular formula is C28H24F2N4O4. The number of para-hydroxylation sites is 1. The Morgan fingerprint density at radius 3 is 2.61 bits per heavy atom. The molecule has 0 saturated heterocycles. The lowest BCUT2D eigenvalue weighted by atomic mass is 9.95. The Bertz CT molecular complexity index is 1650. The van der Waals surface area contributed by atoms with Crippen LogP contribution in [0.1, 0.15) is 48.1 Å². The molecule has 2 atom stereocenters. The molecule has 0 fully saturated rings. The maximum Gasteiger partial charge on any atom is 0.387 e. The molecule has 3 aromatic carbocycles. The molecule has 0 spiro atoms. The summed E-state index contributed by atoms with van der Waals surface area (Å²) >= 11 is 0. The summed E-state index contributed by atoms with van der Waals surface area (Å²) in [6, 6.07) is 15.0. The van der Waals surface area contributed by atoms with Crippen molar-refractivity contribution in [1.82, 2.24) is 14.5 Å². The Morgan fingerprint density at radius 1 is 1.13 bits per heavy atom. The van der Waals surface area contributed by atoms with E-state index in [0.29, 0.717) is 34.5 Å². The normalized spacial score (nSPS) is 20.3. The van der Waals surface area contributed by atoms with Gasteiger partial charge in [0.15, 0.2) is 11.4 Å². The number of carbonyl (C=O) groups is 2. The van der Waals surface area contributed by atoms with Crippen LogP contribution in [0, 0.1) is 0 Å². The number of ether oxygens (including phenoxy) is 1. The van der Waals surface area contributed by atoms with Gasteiger partial charge in [-0.3, -0.25) is 14.2 Å². The first-order valence-corrected chi connectivity index (χ1v) is 12.2. The Labute approximate surface area is 216 Å². The van der Waals surface area contributed by atoms with E-state index in [0.717, 1.165) is 11.1 Å². The van der Waals surface area contributed by atoms with E-state index in [9.17, 15) is 23.5 Å². The second-order valence-electron chi connectivity index (χ2n) is 9.67. The zero-order valence-electron chi connectivity index (χ0n) is 20.8. The van der Waals surface area contributed by atoms with E-state index in [1.165, 1.54) is 19.1 Å². The van der Waals surface area contributed by atoms with Crippen molar-refractivity contribution >= 4 is 28.5 Å². The molecule has 1 aromatic heterocycles. The number of amides is 2. The van der Waals surface area contributed by atoms with Crippen molar-refractivity contribution in [2.24, 2.45) is 0 Å². The fourth-order valence-corrected chi connectivity index (χ4v) is 5.43. The molecule has 194 valence electrons. The van der Waals surface area contributed by atoms with E-state index < -0.39 is 24.2 Å². The van der Waals surface area contributed by atoms with Crippen LogP contribution >= 0.6 is 0 Å². The van der Waals surface area contributed by atoms with Crippen LogP contribution in [0.4, 0.5) is 14.5 Å². The maximum absolute atomic E-state index is 13.4. The lowest BCUT2D eigenvalue weighted by Crippen LogP contribution is -2.30. The first-order valence-electron chi connectivity index (χ1n) is 12.2. The van der Waals surface area contributed by atoms with Gasteiger partial charge in [-0.2, -0.15) is 8.78 Å². The molecular weight excluding hydrogens is 494 g/mol. The van der Waals surface area contributed by atoms with Crippen LogP contribution in [0.5, 0.6) is 5.75 Å². The highest BCUT2D eigenvalue weighted by molar-refractivity contribution is 6.05. The number of aliphatic hydroxyl groups is 1. The van der Waals surface area contributed by atoms with Crippen molar-refractivity contribution < 1.29 is 28.2 Å². The predicted octanol–water partition coefficient (Wildman–Crippen LogP) is 4.99. The molecule has 2 aliphatic heterocycles. The number of nitrogens with zero attached hydrogens (tertiary/aromatic N) is 3. The molecule has 0 bridgehead atoms. The van der Waals surface area contributed by atoms with Crippen LogP contribution in [-0.2, 0) is 10.4 Å². The number of imidazole rings is 1. The number of benzene rings is 3. The van der Waals surface area contributed by atoms with Crippen LogP contribution in [0.25, 0.3) is 27.8 Å². The Morgan fingerprint density at radius 2 is 1.87 bits per heavy atom. The highest BCUT2D eigenvalue weighted by Gasteiger charge is 2.41. The number of fused-ring (bicyclic) bond motifs is 6. The van der Waals surface area contributed by atoms with Gasteiger partial charge < -0.3 is 20.1 Å². The quantitative estimate of drug-likeness (QED) is 0.397. The summed E-state index contributed by atoms with van der Waals surface area (Å²) in [4.78, 5) is 32.0. The van der Waals surface area contributed by atoms with Gasteiger partial charge in [-0.15, -0.1) is 0 Å². The number of aromatic nitrogens is 2. The highest BCUT2D eigenvalue weighted by atomic mass is 19.3. The van der Waals surface area contributed by atoms with Gasteiger partial charge in [-0.05, 0) is 54.8 Å². The van der Waals surface area contributed by atoms with Gasteiger partial charge in [-0.25, -0.2) is 4.98 Å². The average Bonchev–Trinajstić information content (AvgIpc) is 3.33. The summed E-state index contributed by atoms with van der Waals surface area (Å²) in [5.41, 5.74) is 2.62. The number of nitrogens with one attached hydrogen (secondary N) is 1. The number of halogens is 2. The summed E-state index contributed by atoms with van der Waals surface area (Å²) in [5, 5.41) is 13.2. The SMILES string of the molecule is CCC1c2nc3ccc(-c4ccc5c(c4)NC(=O)C5(C)O)cc3n2-c2c(OC(F)F)cccc2C(=O)N1C. The van der Waals surface area contributed by atoms with Crippen molar-refractivity contribution in [3.05, 3.63) is 71.5 Å². The van der Waals surface area contributed by atoms with Crippen LogP contribution < -0.4 is 10.1 Å². The fraction of sp³-hybridized carbons (Fsp3) is 0.250. The number of hydrogen-bond acceptors (Lipinski definition) is 5. The van der Waals surface area contributed by atoms with Crippen LogP contribution in [0.15, 0.2) is 54.6 Å². The topological polar surface area (TPSA) is 96.7 Å². The molecule has 2 unspecified atom stereocenters. The van der Waals surface area contributed by atoms with Crippen LogP contribution in [0.2, 0.25) is 0 Å². The van der Waals surface area contributed by atoms with Gasteiger partial charge in [0.2, 0.25) is 0 Å². The summed E-state index contributed by atoms with van der Waals surface area (Å²) < 4.78 is 33.4. The zero-order chi connectivity index (χ0) is 26.9. The molecule has 38 heavy (non-hydrogen) atoms. The zero-order valence-corrected chi connectivity index (χ0v) is 20.8. The third-order valence-corrected chi connectivity index (χ3v) is 7.39. The second-order valence-corrected chi connectivity index (χ2v) is 9.67. The smallest absolute Gasteiger partial charge is 0.387 e. The number of anilines is 1. The number of hydrogen-bond donors (Lipinski definition) is 2. The molecule has 0 saturated carbocycles. The largest absolute Gasteiger partial charge is 0.433 e. The molecule has 2 N–H and O–H groups in total. The lowest BCUT2D eigenvalue weighted by Gasteiger charge is -2.24. The van der Waals surface area contributed by atoms with Crippen LogP contribution in [0.3, 0.4) is 0 Å². The van der Waals surface area contributed by atoms with Gasteiger partial charge in [0.1, 0.15) is 11.5 Å². The number of rotatable bonds is 4. The first-order chi connectivity index (χ1) is 18.1. The molecule has 6 rings (SSSR count). The average molecular weight is 519 g/mol. The molecule has 0 radical (unpaired) electrons. The Kier molecular flexibility index (Phi) is 5.29. The van der Waals surface area contributed by atoms with Gasteiger partial charge in [0, 0.05) is 18.3 Å². The highest BCUT2D eigenvalue weighted by Crippen LogP contribution is 2.42. The monoisotopic (exact) mass is 518 g/mol. The van der Waals surface area contributed by atoms with Crippen molar-refractivity contribution in [3.8, 4) is 22.6 Å². The summed E-state index contributed by atoms with van der Waals surface area (Å²) in [7, 11) is 1.68. The standard InChI is InChI=1S/C28H24F2N4O4/c1-4-20-24-31-18-11-9-15(14-8-10-17-19(12-14)32-26(36)28(17,2)37)13-21(18)34(24)23-16(25(35)33(20)3)6-5-7-22(23)38-27(29)30/h5-13,20,27,37H,4H2,1-3H3,(H,32,36). The Hall–Kier alpha value is -4.31. The predicted molar refractivity (Wildman–Crippen MR) is 136 cm³/mol. The number of alkyl halides is 2. The molecule has 0 aliphatic carbocycles. The van der Waals surface area contributed by atoms with Gasteiger partial charge in [-0.1, -0.05) is 31.2 Å². The van der Waals surface area contributed by atoms with Gasteiger partial charge >= 0.3 is 6.61 Å². The fourth-order valence-electron chi connectivity index (χ4n) is 5.43. The van der Waals surface area contributed by atoms with E-state index in [1.807, 2.05) is 25.1 Å². The third-order valence-electron chi connectivity index (χ3n) is 7.39. The minimum atomic E-state index is -3.08. The summed E-state index contributed by atoms with van der Waals surface area (Å²) in [5.74, 6) is -0.396. The third kappa shape index (κ3) is 3.40. The molecule has 2 aliphatic rings. The molecule has 2 amide bonds. The van der Waals surface area contributed by atoms with Crippen molar-refractivity contribution in [3.63, 3.8) is 0 Å². The van der Waals surface area contributed by atoms with E-state index in [-0.39, 0.29) is 22.9 Å². The van der Waals surface area contributed by atoms with Gasteiger partial charge in [0.05, 0.1) is 22.6 Å². The van der Waals surface area contributed by atoms with E-state index in [4.69, 9.17) is 9.72 Å². The van der Waals surface area contributed by atoms with E-state index >= 15 is 0 Å². The van der Waals surface area contributed by atoms with Crippen LogP contribution in [-0.4, -0.2) is 45.0 Å². The van der Waals surface area contributed by atoms with Crippen molar-refractivity contribution in [2.75, 3.05) is 12.4 Å². The Balaban J connectivity index is 1.60. The number of carbonyl (C=O) groups excluding carboxylic acids is 2. The molecule has 8 nitrogen and oxygen atoms in total. The molecule has 10 heteroatoms. The van der Waals surface area contributed by atoms with E-state index in [1.54, 1.807) is 40.8 Å². The van der Waals surface area contributed by atoms with Gasteiger partial charge in [0.25, 0.3) is 11.8 Å². The maximum atomic E-state index is 13.4.